The molecule has 0 amide bonds. The Morgan fingerprint density at radius 1 is 1.07 bits per heavy atom. The van der Waals surface area contributed by atoms with Crippen molar-refractivity contribution in [2.75, 3.05) is 0 Å². The van der Waals surface area contributed by atoms with Gasteiger partial charge in [-0.05, 0) is 18.2 Å². The Kier molecular flexibility index (Phi) is 1.59. The van der Waals surface area contributed by atoms with E-state index in [2.05, 4.69) is 9.97 Å². The third-order valence-electron chi connectivity index (χ3n) is 2.42. The quantitative estimate of drug-likeness (QED) is 0.562. The molecule has 0 unspecified atom stereocenters. The lowest BCUT2D eigenvalue weighted by Crippen LogP contribution is -1.83. The standard InChI is InChI=1S/C12H8N2O/c15-9-6-10-11(14-7-9)4-3-8-2-1-5-13-12(8)10/h1-7,15H. The highest BCUT2D eigenvalue weighted by Gasteiger charge is 2.02. The fourth-order valence-electron chi connectivity index (χ4n) is 1.73. The van der Waals surface area contributed by atoms with E-state index in [0.717, 1.165) is 21.8 Å². The summed E-state index contributed by atoms with van der Waals surface area (Å²) >= 11 is 0. The summed E-state index contributed by atoms with van der Waals surface area (Å²) < 4.78 is 0. The van der Waals surface area contributed by atoms with Crippen LogP contribution in [0.2, 0.25) is 0 Å². The second kappa shape index (κ2) is 2.92. The molecule has 0 aliphatic carbocycles. The second-order valence-electron chi connectivity index (χ2n) is 3.40. The molecule has 1 aromatic carbocycles. The maximum absolute atomic E-state index is 9.40. The fourth-order valence-corrected chi connectivity index (χ4v) is 1.73. The van der Waals surface area contributed by atoms with Gasteiger partial charge in [-0.25, -0.2) is 0 Å². The number of nitrogens with zero attached hydrogens (tertiary/aromatic N) is 2. The van der Waals surface area contributed by atoms with Gasteiger partial charge in [0.2, 0.25) is 0 Å². The summed E-state index contributed by atoms with van der Waals surface area (Å²) in [6, 6.07) is 9.49. The smallest absolute Gasteiger partial charge is 0.134 e. The number of benzene rings is 1. The molecule has 3 heteroatoms. The number of aromatic hydroxyl groups is 1. The first kappa shape index (κ1) is 8.17. The Morgan fingerprint density at radius 3 is 2.93 bits per heavy atom. The molecule has 3 nitrogen and oxygen atoms in total. The average Bonchev–Trinajstić information content (AvgIpc) is 2.29. The van der Waals surface area contributed by atoms with E-state index in [-0.39, 0.29) is 5.75 Å². The van der Waals surface area contributed by atoms with Gasteiger partial charge in [-0.2, -0.15) is 0 Å². The molecule has 15 heavy (non-hydrogen) atoms. The van der Waals surface area contributed by atoms with Crippen molar-refractivity contribution in [1.82, 2.24) is 9.97 Å². The van der Waals surface area contributed by atoms with Crippen LogP contribution >= 0.6 is 0 Å². The monoisotopic (exact) mass is 196 g/mol. The zero-order valence-corrected chi connectivity index (χ0v) is 7.88. The highest BCUT2D eigenvalue weighted by atomic mass is 16.3. The Labute approximate surface area is 86.0 Å². The van der Waals surface area contributed by atoms with Crippen LogP contribution in [0, 0.1) is 0 Å². The molecule has 2 heterocycles. The highest BCUT2D eigenvalue weighted by Crippen LogP contribution is 2.24. The maximum atomic E-state index is 9.40. The van der Waals surface area contributed by atoms with Gasteiger partial charge in [0.1, 0.15) is 5.75 Å². The van der Waals surface area contributed by atoms with Crippen molar-refractivity contribution in [2.24, 2.45) is 0 Å². The summed E-state index contributed by atoms with van der Waals surface area (Å²) in [7, 11) is 0. The zero-order chi connectivity index (χ0) is 10.3. The average molecular weight is 196 g/mol. The molecule has 1 N–H and O–H groups in total. The molecule has 0 aliphatic heterocycles. The zero-order valence-electron chi connectivity index (χ0n) is 7.88. The van der Waals surface area contributed by atoms with Gasteiger partial charge in [0.25, 0.3) is 0 Å². The van der Waals surface area contributed by atoms with Crippen molar-refractivity contribution in [3.8, 4) is 5.75 Å². The van der Waals surface area contributed by atoms with Crippen LogP contribution in [0.3, 0.4) is 0 Å². The molecule has 0 fully saturated rings. The molecule has 0 saturated carbocycles. The SMILES string of the molecule is Oc1cnc2ccc3cccnc3c2c1. The number of hydrogen-bond acceptors (Lipinski definition) is 3. The van der Waals surface area contributed by atoms with Crippen molar-refractivity contribution in [2.45, 2.75) is 0 Å². The Balaban J connectivity index is 2.57. The first-order valence-electron chi connectivity index (χ1n) is 4.67. The third-order valence-corrected chi connectivity index (χ3v) is 2.42. The number of fused-ring (bicyclic) bond motifs is 3. The number of hydrogen-bond donors (Lipinski definition) is 1. The molecule has 0 bridgehead atoms. The van der Waals surface area contributed by atoms with Gasteiger partial charge in [-0.15, -0.1) is 0 Å². The fraction of sp³-hybridized carbons (Fsp3) is 0. The summed E-state index contributed by atoms with van der Waals surface area (Å²) in [5.74, 6) is 0.167. The van der Waals surface area contributed by atoms with E-state index >= 15 is 0 Å². The van der Waals surface area contributed by atoms with E-state index in [1.807, 2.05) is 24.3 Å². The van der Waals surface area contributed by atoms with Crippen molar-refractivity contribution in [3.05, 3.63) is 42.7 Å². The van der Waals surface area contributed by atoms with Gasteiger partial charge >= 0.3 is 0 Å². The molecular formula is C12H8N2O. The van der Waals surface area contributed by atoms with Crippen LogP contribution in [0.15, 0.2) is 42.7 Å². The van der Waals surface area contributed by atoms with Crippen LogP contribution < -0.4 is 0 Å². The van der Waals surface area contributed by atoms with Crippen molar-refractivity contribution in [3.63, 3.8) is 0 Å². The van der Waals surface area contributed by atoms with Gasteiger partial charge in [-0.3, -0.25) is 9.97 Å². The Bertz CT molecular complexity index is 649. The molecule has 3 rings (SSSR count). The van der Waals surface area contributed by atoms with Crippen molar-refractivity contribution >= 4 is 21.8 Å². The van der Waals surface area contributed by atoms with E-state index in [1.165, 1.54) is 6.20 Å². The molecule has 3 aromatic rings. The lowest BCUT2D eigenvalue weighted by Gasteiger charge is -2.01. The molecule has 0 atom stereocenters. The van der Waals surface area contributed by atoms with Gasteiger partial charge in [0.15, 0.2) is 0 Å². The van der Waals surface area contributed by atoms with Crippen LogP contribution in [0.5, 0.6) is 5.75 Å². The molecule has 0 radical (unpaired) electrons. The molecule has 0 saturated heterocycles. The topological polar surface area (TPSA) is 46.0 Å². The molecule has 0 spiro atoms. The third kappa shape index (κ3) is 1.21. The number of pyridine rings is 2. The normalized spacial score (nSPS) is 10.9. The first-order chi connectivity index (χ1) is 7.34. The predicted octanol–water partition coefficient (Wildman–Crippen LogP) is 2.49. The van der Waals surface area contributed by atoms with Crippen molar-refractivity contribution in [1.29, 1.82) is 0 Å². The summed E-state index contributed by atoms with van der Waals surface area (Å²) in [6.07, 6.45) is 3.18. The summed E-state index contributed by atoms with van der Waals surface area (Å²) in [5, 5.41) is 11.3. The number of rotatable bonds is 0. The van der Waals surface area contributed by atoms with E-state index < -0.39 is 0 Å². The maximum Gasteiger partial charge on any atom is 0.134 e. The van der Waals surface area contributed by atoms with E-state index in [9.17, 15) is 5.11 Å². The Hall–Kier alpha value is -2.16. The van der Waals surface area contributed by atoms with E-state index in [0.29, 0.717) is 0 Å². The van der Waals surface area contributed by atoms with Crippen LogP contribution in [-0.2, 0) is 0 Å². The minimum absolute atomic E-state index is 0.167. The minimum atomic E-state index is 0.167. The second-order valence-corrected chi connectivity index (χ2v) is 3.40. The van der Waals surface area contributed by atoms with Crippen LogP contribution in [0.1, 0.15) is 0 Å². The van der Waals surface area contributed by atoms with Gasteiger partial charge in [0, 0.05) is 17.0 Å². The van der Waals surface area contributed by atoms with Gasteiger partial charge in [-0.1, -0.05) is 12.1 Å². The predicted molar refractivity (Wildman–Crippen MR) is 58.7 cm³/mol. The molecule has 2 aromatic heterocycles. The summed E-state index contributed by atoms with van der Waals surface area (Å²) in [4.78, 5) is 8.44. The lowest BCUT2D eigenvalue weighted by atomic mass is 10.1. The van der Waals surface area contributed by atoms with E-state index in [1.54, 1.807) is 12.3 Å². The first-order valence-corrected chi connectivity index (χ1v) is 4.67. The summed E-state index contributed by atoms with van der Waals surface area (Å²) in [5.41, 5.74) is 1.72. The summed E-state index contributed by atoms with van der Waals surface area (Å²) in [6.45, 7) is 0. The van der Waals surface area contributed by atoms with E-state index in [4.69, 9.17) is 0 Å². The molecular weight excluding hydrogens is 188 g/mol. The van der Waals surface area contributed by atoms with Crippen LogP contribution in [0.4, 0.5) is 0 Å². The molecule has 72 valence electrons. The highest BCUT2D eigenvalue weighted by molar-refractivity contribution is 6.03. The van der Waals surface area contributed by atoms with Gasteiger partial charge in [0.05, 0.1) is 17.2 Å². The number of aromatic nitrogens is 2. The van der Waals surface area contributed by atoms with Gasteiger partial charge < -0.3 is 5.11 Å². The lowest BCUT2D eigenvalue weighted by molar-refractivity contribution is 0.474. The Morgan fingerprint density at radius 2 is 2.00 bits per heavy atom. The van der Waals surface area contributed by atoms with Crippen LogP contribution in [-0.4, -0.2) is 15.1 Å². The minimum Gasteiger partial charge on any atom is -0.506 e. The molecule has 0 aliphatic rings. The largest absolute Gasteiger partial charge is 0.506 e. The van der Waals surface area contributed by atoms with Crippen LogP contribution in [0.25, 0.3) is 21.8 Å². The van der Waals surface area contributed by atoms with Crippen molar-refractivity contribution < 1.29 is 5.11 Å².